The number of urea groups is 1. The van der Waals surface area contributed by atoms with Gasteiger partial charge in [0.15, 0.2) is 0 Å². The molecular weight excluding hydrogens is 404 g/mol. The maximum Gasteiger partial charge on any atom is 0.322 e. The summed E-state index contributed by atoms with van der Waals surface area (Å²) in [5.74, 6) is 0.265. The van der Waals surface area contributed by atoms with Gasteiger partial charge in [-0.15, -0.1) is 23.1 Å². The third-order valence-corrected chi connectivity index (χ3v) is 6.47. The summed E-state index contributed by atoms with van der Waals surface area (Å²) in [5.41, 5.74) is 5.98. The van der Waals surface area contributed by atoms with Gasteiger partial charge >= 0.3 is 6.03 Å². The van der Waals surface area contributed by atoms with E-state index in [1.54, 1.807) is 11.3 Å². The molecule has 0 atom stereocenters. The highest BCUT2D eigenvalue weighted by molar-refractivity contribution is 7.99. The topological polar surface area (TPSA) is 78.7 Å². The lowest BCUT2D eigenvalue weighted by Gasteiger charge is -2.26. The van der Waals surface area contributed by atoms with E-state index in [9.17, 15) is 9.59 Å². The van der Waals surface area contributed by atoms with Crippen LogP contribution in [0, 0.1) is 0 Å². The number of amides is 3. The fourth-order valence-corrected chi connectivity index (χ4v) is 4.49. The van der Waals surface area contributed by atoms with E-state index in [-0.39, 0.29) is 11.9 Å². The van der Waals surface area contributed by atoms with Crippen LogP contribution in [0.3, 0.4) is 0 Å². The Morgan fingerprint density at radius 1 is 1.10 bits per heavy atom. The summed E-state index contributed by atoms with van der Waals surface area (Å²) >= 11 is 3.17. The SMILES string of the molecule is CCN(CC)CCN(Cc1cccs1)C(=O)Nc1ccccc1SCCC(N)=O. The van der Waals surface area contributed by atoms with Crippen LogP contribution in [0.5, 0.6) is 0 Å². The summed E-state index contributed by atoms with van der Waals surface area (Å²) in [6.45, 7) is 8.26. The number of anilines is 1. The number of carbonyl (C=O) groups is 2. The number of benzene rings is 1. The van der Waals surface area contributed by atoms with Crippen LogP contribution in [-0.4, -0.2) is 53.7 Å². The highest BCUT2D eigenvalue weighted by atomic mass is 32.2. The molecule has 3 N–H and O–H groups in total. The number of hydrogen-bond donors (Lipinski definition) is 2. The van der Waals surface area contributed by atoms with Crippen LogP contribution < -0.4 is 11.1 Å². The second-order valence-electron chi connectivity index (χ2n) is 6.52. The second-order valence-corrected chi connectivity index (χ2v) is 8.69. The van der Waals surface area contributed by atoms with E-state index in [1.807, 2.05) is 40.6 Å². The molecule has 158 valence electrons. The van der Waals surface area contributed by atoms with Gasteiger partial charge in [0, 0.05) is 35.0 Å². The lowest BCUT2D eigenvalue weighted by molar-refractivity contribution is -0.117. The highest BCUT2D eigenvalue weighted by Crippen LogP contribution is 2.28. The average Bonchev–Trinajstić information content (AvgIpc) is 3.22. The largest absolute Gasteiger partial charge is 0.370 e. The molecule has 8 heteroatoms. The van der Waals surface area contributed by atoms with Crippen LogP contribution in [0.2, 0.25) is 0 Å². The molecule has 0 aliphatic rings. The monoisotopic (exact) mass is 434 g/mol. The Morgan fingerprint density at radius 2 is 1.86 bits per heavy atom. The standard InChI is InChI=1S/C21H30N4O2S2/c1-3-24(4-2)12-13-25(16-17-8-7-14-28-17)21(27)23-18-9-5-6-10-19(18)29-15-11-20(22)26/h5-10,14H,3-4,11-13,15-16H2,1-2H3,(H2,22,26)(H,23,27). The van der Waals surface area contributed by atoms with Gasteiger partial charge in [0.2, 0.25) is 5.91 Å². The van der Waals surface area contributed by atoms with Crippen molar-refractivity contribution in [2.24, 2.45) is 5.73 Å². The summed E-state index contributed by atoms with van der Waals surface area (Å²) in [6, 6.07) is 11.6. The smallest absolute Gasteiger partial charge is 0.322 e. The second kappa shape index (κ2) is 12.5. The van der Waals surface area contributed by atoms with Crippen molar-refractivity contribution in [2.45, 2.75) is 31.7 Å². The van der Waals surface area contributed by atoms with Crippen LogP contribution in [0.1, 0.15) is 25.1 Å². The Hall–Kier alpha value is -2.03. The Labute approximate surface area is 181 Å². The first-order chi connectivity index (χ1) is 14.0. The van der Waals surface area contributed by atoms with Crippen LogP contribution in [0.25, 0.3) is 0 Å². The van der Waals surface area contributed by atoms with E-state index in [4.69, 9.17) is 5.73 Å². The molecule has 1 heterocycles. The van der Waals surface area contributed by atoms with Gasteiger partial charge in [-0.1, -0.05) is 32.0 Å². The van der Waals surface area contributed by atoms with Gasteiger partial charge in [-0.2, -0.15) is 0 Å². The number of nitrogens with zero attached hydrogens (tertiary/aromatic N) is 2. The summed E-state index contributed by atoms with van der Waals surface area (Å²) < 4.78 is 0. The molecule has 0 aliphatic heterocycles. The van der Waals surface area contributed by atoms with Crippen molar-refractivity contribution in [1.82, 2.24) is 9.80 Å². The first-order valence-corrected chi connectivity index (χ1v) is 11.7. The van der Waals surface area contributed by atoms with Gasteiger partial charge in [-0.05, 0) is 36.7 Å². The molecule has 2 aromatic rings. The van der Waals surface area contributed by atoms with Crippen molar-refractivity contribution in [3.05, 3.63) is 46.7 Å². The van der Waals surface area contributed by atoms with Crippen LogP contribution in [0.15, 0.2) is 46.7 Å². The number of primary amides is 1. The number of para-hydroxylation sites is 1. The number of thioether (sulfide) groups is 1. The molecule has 3 amide bonds. The van der Waals surface area contributed by atoms with E-state index >= 15 is 0 Å². The average molecular weight is 435 g/mol. The first-order valence-electron chi connectivity index (χ1n) is 9.84. The van der Waals surface area contributed by atoms with E-state index in [0.717, 1.165) is 35.1 Å². The normalized spacial score (nSPS) is 10.9. The minimum atomic E-state index is -0.322. The number of rotatable bonds is 12. The first kappa shape index (κ1) is 23.3. The molecule has 0 saturated carbocycles. The van der Waals surface area contributed by atoms with Gasteiger partial charge < -0.3 is 20.9 Å². The summed E-state index contributed by atoms with van der Waals surface area (Å²) in [7, 11) is 0. The zero-order chi connectivity index (χ0) is 21.1. The lowest BCUT2D eigenvalue weighted by atomic mass is 10.3. The maximum atomic E-state index is 13.1. The Kier molecular flexibility index (Phi) is 10.0. The fourth-order valence-electron chi connectivity index (χ4n) is 2.80. The predicted octanol–water partition coefficient (Wildman–Crippen LogP) is 4.09. The van der Waals surface area contributed by atoms with Gasteiger partial charge in [0.05, 0.1) is 12.2 Å². The number of likely N-dealkylation sites (N-methyl/N-ethyl adjacent to an activating group) is 1. The quantitative estimate of drug-likeness (QED) is 0.493. The molecule has 0 radical (unpaired) electrons. The van der Waals surface area contributed by atoms with Crippen LogP contribution in [-0.2, 0) is 11.3 Å². The Bertz CT molecular complexity index is 764. The minimum absolute atomic E-state index is 0.117. The number of nitrogens with two attached hydrogens (primary N) is 1. The predicted molar refractivity (Wildman–Crippen MR) is 123 cm³/mol. The van der Waals surface area contributed by atoms with E-state index < -0.39 is 0 Å². The third-order valence-electron chi connectivity index (χ3n) is 4.53. The maximum absolute atomic E-state index is 13.1. The number of thiophene rings is 1. The van der Waals surface area contributed by atoms with Crippen molar-refractivity contribution in [1.29, 1.82) is 0 Å². The van der Waals surface area contributed by atoms with Crippen molar-refractivity contribution >= 4 is 40.7 Å². The lowest BCUT2D eigenvalue weighted by Crippen LogP contribution is -2.40. The van der Waals surface area contributed by atoms with Gasteiger partial charge in [0.25, 0.3) is 0 Å². The molecule has 0 spiro atoms. The molecule has 1 aromatic carbocycles. The van der Waals surface area contributed by atoms with Gasteiger partial charge in [-0.25, -0.2) is 4.79 Å². The number of hydrogen-bond acceptors (Lipinski definition) is 5. The molecule has 6 nitrogen and oxygen atoms in total. The van der Waals surface area contributed by atoms with E-state index in [1.165, 1.54) is 11.8 Å². The third kappa shape index (κ3) is 8.08. The van der Waals surface area contributed by atoms with Gasteiger partial charge in [0.1, 0.15) is 0 Å². The van der Waals surface area contributed by atoms with Crippen molar-refractivity contribution in [3.8, 4) is 0 Å². The summed E-state index contributed by atoms with van der Waals surface area (Å²) in [5, 5.41) is 5.09. The summed E-state index contributed by atoms with van der Waals surface area (Å²) in [6.07, 6.45) is 0.307. The van der Waals surface area contributed by atoms with Crippen molar-refractivity contribution in [3.63, 3.8) is 0 Å². The minimum Gasteiger partial charge on any atom is -0.370 e. The van der Waals surface area contributed by atoms with Crippen LogP contribution >= 0.6 is 23.1 Å². The van der Waals surface area contributed by atoms with Crippen molar-refractivity contribution in [2.75, 3.05) is 37.2 Å². The van der Waals surface area contributed by atoms with E-state index in [2.05, 4.69) is 30.1 Å². The molecule has 0 unspecified atom stereocenters. The van der Waals surface area contributed by atoms with Crippen LogP contribution in [0.4, 0.5) is 10.5 Å². The molecule has 0 saturated heterocycles. The molecule has 2 rings (SSSR count). The molecule has 1 aromatic heterocycles. The summed E-state index contributed by atoms with van der Waals surface area (Å²) in [4.78, 5) is 30.3. The molecule has 0 fully saturated rings. The Balaban J connectivity index is 2.07. The fraction of sp³-hybridized carbons (Fsp3) is 0.429. The zero-order valence-electron chi connectivity index (χ0n) is 17.1. The number of carbonyl (C=O) groups excluding carboxylic acids is 2. The molecule has 0 bridgehead atoms. The number of nitrogens with one attached hydrogen (secondary N) is 1. The van der Waals surface area contributed by atoms with Crippen molar-refractivity contribution < 1.29 is 9.59 Å². The highest BCUT2D eigenvalue weighted by Gasteiger charge is 2.17. The zero-order valence-corrected chi connectivity index (χ0v) is 18.7. The Morgan fingerprint density at radius 3 is 2.52 bits per heavy atom. The molecule has 29 heavy (non-hydrogen) atoms. The van der Waals surface area contributed by atoms with E-state index in [0.29, 0.717) is 25.3 Å². The molecule has 0 aliphatic carbocycles. The molecular formula is C21H30N4O2S2. The van der Waals surface area contributed by atoms with Gasteiger partial charge in [-0.3, -0.25) is 4.79 Å².